The van der Waals surface area contributed by atoms with Crippen LogP contribution in [0, 0.1) is 5.82 Å². The van der Waals surface area contributed by atoms with Crippen LogP contribution in [0.4, 0.5) is 13.0 Å². The molecular weight excluding hydrogens is 304 g/mol. The first-order valence-electron chi connectivity index (χ1n) is 7.12. The van der Waals surface area contributed by atoms with Gasteiger partial charge in [-0.05, 0) is 36.5 Å². The van der Waals surface area contributed by atoms with E-state index in [4.69, 9.17) is 4.74 Å². The summed E-state index contributed by atoms with van der Waals surface area (Å²) in [6.45, 7) is -3.98. The van der Waals surface area contributed by atoms with Crippen LogP contribution in [0.3, 0.4) is 0 Å². The molecule has 0 saturated carbocycles. The molecule has 0 unspecified atom stereocenters. The number of aromatic nitrogens is 1. The van der Waals surface area contributed by atoms with Crippen LogP contribution >= 0.6 is 0 Å². The van der Waals surface area contributed by atoms with Gasteiger partial charge in [0.2, 0.25) is 0 Å². The molecule has 3 heterocycles. The molecule has 1 aromatic carbocycles. The Morgan fingerprint density at radius 1 is 1.22 bits per heavy atom. The highest BCUT2D eigenvalue weighted by Gasteiger charge is 2.51. The van der Waals surface area contributed by atoms with Gasteiger partial charge in [-0.2, -0.15) is 0 Å². The number of nitrogens with zero attached hydrogens (tertiary/aromatic N) is 2. The molecule has 23 heavy (non-hydrogen) atoms. The van der Waals surface area contributed by atoms with Crippen molar-refractivity contribution in [3.8, 4) is 5.75 Å². The topological polar surface area (TPSA) is 17.2 Å². The maximum absolute atomic E-state index is 14.6. The summed E-state index contributed by atoms with van der Waals surface area (Å²) in [6, 6.07) is 7.41. The summed E-state index contributed by atoms with van der Waals surface area (Å²) >= 11 is 0. The third kappa shape index (κ3) is 1.82. The second-order valence-electron chi connectivity index (χ2n) is 5.41. The number of methoxy groups -OCH3 is 1. The van der Waals surface area contributed by atoms with Gasteiger partial charge in [0.25, 0.3) is 0 Å². The number of halogens is 3. The summed E-state index contributed by atoms with van der Waals surface area (Å²) in [4.78, 5) is 0. The molecular formula is C16H12BF3N2O. The standard InChI is InChI=1S/C16H12BF3N2O/c1-23-11-6-7-13(18)12(10-11)16-14-4-2-8-21(14)17(19,20)22-9-3-5-15(16)22/h2-10H,1H3. The van der Waals surface area contributed by atoms with Crippen LogP contribution in [0.5, 0.6) is 5.75 Å². The zero-order valence-corrected chi connectivity index (χ0v) is 12.2. The normalized spacial score (nSPS) is 17.8. The molecule has 2 aromatic rings. The molecule has 0 aliphatic carbocycles. The van der Waals surface area contributed by atoms with E-state index in [0.717, 1.165) is 8.96 Å². The van der Waals surface area contributed by atoms with Crippen molar-refractivity contribution in [3.05, 3.63) is 71.5 Å². The lowest BCUT2D eigenvalue weighted by Gasteiger charge is -2.31. The van der Waals surface area contributed by atoms with Crippen molar-refractivity contribution in [2.45, 2.75) is 0 Å². The van der Waals surface area contributed by atoms with E-state index in [2.05, 4.69) is 0 Å². The van der Waals surface area contributed by atoms with Gasteiger partial charge in [0.05, 0.1) is 12.7 Å². The molecule has 0 N–H and O–H groups in total. The van der Waals surface area contributed by atoms with Gasteiger partial charge in [0.15, 0.2) is 5.70 Å². The number of hydrogen-bond donors (Lipinski definition) is 0. The van der Waals surface area contributed by atoms with Crippen LogP contribution in [0.1, 0.15) is 11.3 Å². The summed E-state index contributed by atoms with van der Waals surface area (Å²) in [7, 11) is 1.48. The Kier molecular flexibility index (Phi) is 2.82. The Hall–Kier alpha value is -2.70. The Morgan fingerprint density at radius 3 is 2.83 bits per heavy atom. The number of allylic oxidation sites excluding steroid dienone is 2. The highest BCUT2D eigenvalue weighted by Crippen LogP contribution is 2.39. The average Bonchev–Trinajstić information content (AvgIpc) is 3.19. The van der Waals surface area contributed by atoms with E-state index in [-0.39, 0.29) is 17.0 Å². The SMILES string of the molecule is COc1ccc(F)c(C2=C3C=CC=[N+]3[B-](F)(F)n3cccc32)c1. The van der Waals surface area contributed by atoms with Crippen LogP contribution < -0.4 is 4.74 Å². The number of rotatable bonds is 2. The van der Waals surface area contributed by atoms with Crippen molar-refractivity contribution in [1.29, 1.82) is 0 Å². The van der Waals surface area contributed by atoms with Crippen molar-refractivity contribution in [2.75, 3.05) is 7.11 Å². The second kappa shape index (κ2) is 4.65. The molecule has 0 saturated heterocycles. The first-order valence-corrected chi connectivity index (χ1v) is 7.12. The fourth-order valence-electron chi connectivity index (χ4n) is 3.12. The van der Waals surface area contributed by atoms with Gasteiger partial charge in [0, 0.05) is 23.4 Å². The predicted molar refractivity (Wildman–Crippen MR) is 82.2 cm³/mol. The third-order valence-electron chi connectivity index (χ3n) is 4.18. The summed E-state index contributed by atoms with van der Waals surface area (Å²) in [5, 5.41) is 0. The Balaban J connectivity index is 2.06. The van der Waals surface area contributed by atoms with E-state index in [1.807, 2.05) is 0 Å². The molecule has 0 atom stereocenters. The van der Waals surface area contributed by atoms with E-state index in [1.165, 1.54) is 49.9 Å². The smallest absolute Gasteiger partial charge is 0.497 e. The maximum Gasteiger partial charge on any atom is 0.737 e. The molecule has 0 bridgehead atoms. The van der Waals surface area contributed by atoms with Crippen molar-refractivity contribution in [3.63, 3.8) is 0 Å². The van der Waals surface area contributed by atoms with Gasteiger partial charge in [0.1, 0.15) is 17.8 Å². The van der Waals surface area contributed by atoms with Crippen LogP contribution in [-0.2, 0) is 0 Å². The van der Waals surface area contributed by atoms with Gasteiger partial charge in [-0.3, -0.25) is 0 Å². The molecule has 0 radical (unpaired) electrons. The first kappa shape index (κ1) is 13.9. The largest absolute Gasteiger partial charge is 0.737 e. The summed E-state index contributed by atoms with van der Waals surface area (Å²) in [5.74, 6) is -0.0213. The molecule has 1 aromatic heterocycles. The molecule has 0 fully saturated rings. The van der Waals surface area contributed by atoms with Gasteiger partial charge in [-0.1, -0.05) is 0 Å². The Morgan fingerprint density at radius 2 is 2.04 bits per heavy atom. The highest BCUT2D eigenvalue weighted by molar-refractivity contribution is 6.57. The van der Waals surface area contributed by atoms with Crippen LogP contribution in [0.15, 0.2) is 54.4 Å². The van der Waals surface area contributed by atoms with Crippen LogP contribution in [0.25, 0.3) is 5.57 Å². The minimum atomic E-state index is -3.98. The third-order valence-corrected chi connectivity index (χ3v) is 4.18. The monoisotopic (exact) mass is 316 g/mol. The molecule has 4 rings (SSSR count). The molecule has 0 spiro atoms. The van der Waals surface area contributed by atoms with E-state index in [0.29, 0.717) is 11.3 Å². The summed E-state index contributed by atoms with van der Waals surface area (Å²) in [5.41, 5.74) is 1.22. The van der Waals surface area contributed by atoms with E-state index in [1.54, 1.807) is 12.1 Å². The molecule has 3 nitrogen and oxygen atoms in total. The number of ether oxygens (including phenoxy) is 1. The molecule has 116 valence electrons. The number of hydrogen-bond acceptors (Lipinski definition) is 1. The first-order chi connectivity index (χ1) is 11.0. The maximum atomic E-state index is 14.6. The van der Waals surface area contributed by atoms with Crippen molar-refractivity contribution < 1.29 is 22.2 Å². The van der Waals surface area contributed by atoms with Crippen molar-refractivity contribution in [1.82, 2.24) is 4.48 Å². The fourth-order valence-corrected chi connectivity index (χ4v) is 3.12. The zero-order valence-electron chi connectivity index (χ0n) is 12.2. The van der Waals surface area contributed by atoms with Crippen molar-refractivity contribution in [2.24, 2.45) is 0 Å². The summed E-state index contributed by atoms with van der Waals surface area (Å²) in [6.07, 6.45) is 5.74. The molecule has 2 aliphatic heterocycles. The predicted octanol–water partition coefficient (Wildman–Crippen LogP) is 3.28. The van der Waals surface area contributed by atoms with E-state index in [9.17, 15) is 13.0 Å². The van der Waals surface area contributed by atoms with Crippen molar-refractivity contribution >= 4 is 18.8 Å². The fraction of sp³-hybridized carbons (Fsp3) is 0.0625. The zero-order chi connectivity index (χ0) is 16.2. The lowest BCUT2D eigenvalue weighted by atomic mass is 9.86. The Labute approximate surface area is 130 Å². The second-order valence-corrected chi connectivity index (χ2v) is 5.41. The Bertz CT molecular complexity index is 912. The lowest BCUT2D eigenvalue weighted by Crippen LogP contribution is -2.49. The molecule has 2 aliphatic rings. The van der Waals surface area contributed by atoms with Gasteiger partial charge < -0.3 is 22.3 Å². The number of benzene rings is 1. The average molecular weight is 316 g/mol. The number of fused-ring (bicyclic) bond motifs is 2. The highest BCUT2D eigenvalue weighted by atomic mass is 19.2. The lowest BCUT2D eigenvalue weighted by molar-refractivity contribution is -0.356. The minimum absolute atomic E-state index is 0.232. The van der Waals surface area contributed by atoms with Gasteiger partial charge in [-0.15, -0.1) is 0 Å². The van der Waals surface area contributed by atoms with Gasteiger partial charge in [-0.25, -0.2) is 4.39 Å². The van der Waals surface area contributed by atoms with E-state index < -0.39 is 12.8 Å². The minimum Gasteiger partial charge on any atom is -0.497 e. The van der Waals surface area contributed by atoms with Gasteiger partial charge >= 0.3 is 6.97 Å². The molecule has 7 heteroatoms. The summed E-state index contributed by atoms with van der Waals surface area (Å²) < 4.78 is 50.7. The quantitative estimate of drug-likeness (QED) is 0.777. The molecule has 0 amide bonds. The van der Waals surface area contributed by atoms with Crippen LogP contribution in [0.2, 0.25) is 0 Å². The van der Waals surface area contributed by atoms with E-state index >= 15 is 0 Å². The van der Waals surface area contributed by atoms with Crippen LogP contribution in [-0.4, -0.2) is 29.3 Å².